The van der Waals surface area contributed by atoms with Gasteiger partial charge in [-0.15, -0.1) is 0 Å². The summed E-state index contributed by atoms with van der Waals surface area (Å²) >= 11 is 0. The van der Waals surface area contributed by atoms with Crippen LogP contribution in [0.15, 0.2) is 30.3 Å². The zero-order valence-electron chi connectivity index (χ0n) is 11.0. The van der Waals surface area contributed by atoms with Crippen LogP contribution in [-0.2, 0) is 14.3 Å². The lowest BCUT2D eigenvalue weighted by Crippen LogP contribution is -2.39. The van der Waals surface area contributed by atoms with Crippen LogP contribution in [0.5, 0.6) is 0 Å². The highest BCUT2D eigenvalue weighted by molar-refractivity contribution is 5.90. The zero-order valence-corrected chi connectivity index (χ0v) is 11.0. The second-order valence-corrected chi connectivity index (χ2v) is 4.61. The molecule has 0 aromatic heterocycles. The minimum atomic E-state index is -3.53. The molecule has 1 aliphatic rings. The smallest absolute Gasteiger partial charge is 0.338 e. The van der Waals surface area contributed by atoms with Gasteiger partial charge in [-0.3, -0.25) is 4.79 Å². The predicted octanol–water partition coefficient (Wildman–Crippen LogP) is 1.28. The summed E-state index contributed by atoms with van der Waals surface area (Å²) in [4.78, 5) is 34.5. The van der Waals surface area contributed by atoms with E-state index in [1.54, 1.807) is 30.3 Å². The lowest BCUT2D eigenvalue weighted by atomic mass is 10.2. The lowest BCUT2D eigenvalue weighted by molar-refractivity contribution is -0.148. The summed E-state index contributed by atoms with van der Waals surface area (Å²) < 4.78 is 31.3. The molecule has 1 aliphatic heterocycles. The molecule has 1 aromatic carbocycles. The van der Waals surface area contributed by atoms with Crippen LogP contribution in [0.1, 0.15) is 16.8 Å². The van der Waals surface area contributed by atoms with Gasteiger partial charge in [-0.2, -0.15) is 8.78 Å². The van der Waals surface area contributed by atoms with E-state index in [0.717, 1.165) is 4.90 Å². The molecule has 7 heteroatoms. The number of amides is 1. The Kier molecular flexibility index (Phi) is 4.30. The first kappa shape index (κ1) is 15.1. The molecule has 1 unspecified atom stereocenters. The Morgan fingerprint density at radius 2 is 2.05 bits per heavy atom. The molecule has 0 saturated carbocycles. The average molecular weight is 297 g/mol. The molecule has 0 N–H and O–H groups in total. The summed E-state index contributed by atoms with van der Waals surface area (Å²) in [5.41, 5.74) is 0.322. The average Bonchev–Trinajstić information content (AvgIpc) is 2.71. The molecule has 5 nitrogen and oxygen atoms in total. The molecule has 0 aliphatic carbocycles. The minimum absolute atomic E-state index is 0.240. The summed E-state index contributed by atoms with van der Waals surface area (Å²) in [5.74, 6) is -5.55. The van der Waals surface area contributed by atoms with Gasteiger partial charge in [0.25, 0.3) is 5.91 Å². The number of benzene rings is 1. The van der Waals surface area contributed by atoms with E-state index in [0.29, 0.717) is 11.8 Å². The molecule has 1 saturated heterocycles. The van der Waals surface area contributed by atoms with Crippen molar-refractivity contribution in [3.05, 3.63) is 35.9 Å². The summed E-state index contributed by atoms with van der Waals surface area (Å²) in [6.45, 7) is -0.490. The van der Waals surface area contributed by atoms with Crippen LogP contribution in [-0.4, -0.2) is 48.2 Å². The quantitative estimate of drug-likeness (QED) is 0.606. The van der Waals surface area contributed by atoms with Crippen molar-refractivity contribution >= 4 is 18.2 Å². The Balaban J connectivity index is 1.90. The van der Waals surface area contributed by atoms with E-state index in [1.807, 2.05) is 0 Å². The minimum Gasteiger partial charge on any atom is -0.460 e. The molecule has 1 amide bonds. The molecular formula is C14H13F2NO4. The van der Waals surface area contributed by atoms with E-state index < -0.39 is 30.3 Å². The third-order valence-corrected chi connectivity index (χ3v) is 3.17. The Morgan fingerprint density at radius 1 is 1.38 bits per heavy atom. The standard InChI is InChI=1S/C14H13F2NO4/c15-14(16)8-11(9-18)17(13(14)20)6-7-21-12(19)10-4-2-1-3-5-10/h1-5,9,11H,6-8H2. The summed E-state index contributed by atoms with van der Waals surface area (Å²) in [6.07, 6.45) is -0.528. The first-order valence-electron chi connectivity index (χ1n) is 6.32. The van der Waals surface area contributed by atoms with Crippen molar-refractivity contribution in [2.24, 2.45) is 0 Å². The van der Waals surface area contributed by atoms with E-state index in [2.05, 4.69) is 0 Å². The molecule has 1 fully saturated rings. The molecule has 112 valence electrons. The number of likely N-dealkylation sites (tertiary alicyclic amines) is 1. The second kappa shape index (κ2) is 5.99. The number of aldehydes is 1. The van der Waals surface area contributed by atoms with Gasteiger partial charge in [0.15, 0.2) is 0 Å². The number of alkyl halides is 2. The maximum absolute atomic E-state index is 13.2. The van der Waals surface area contributed by atoms with Crippen LogP contribution < -0.4 is 0 Å². The number of hydrogen-bond acceptors (Lipinski definition) is 4. The van der Waals surface area contributed by atoms with Gasteiger partial charge in [-0.25, -0.2) is 4.79 Å². The molecule has 0 spiro atoms. The number of nitrogens with zero attached hydrogens (tertiary/aromatic N) is 1. The van der Waals surface area contributed by atoms with E-state index in [-0.39, 0.29) is 13.2 Å². The summed E-state index contributed by atoms with van der Waals surface area (Å²) in [6, 6.07) is 6.96. The third kappa shape index (κ3) is 3.24. The van der Waals surface area contributed by atoms with E-state index in [9.17, 15) is 23.2 Å². The van der Waals surface area contributed by atoms with Crippen molar-refractivity contribution in [1.29, 1.82) is 0 Å². The van der Waals surface area contributed by atoms with Crippen LogP contribution in [0.3, 0.4) is 0 Å². The number of esters is 1. The van der Waals surface area contributed by atoms with E-state index in [1.165, 1.54) is 0 Å². The fourth-order valence-electron chi connectivity index (χ4n) is 2.10. The number of ether oxygens (including phenoxy) is 1. The Labute approximate surface area is 119 Å². The molecule has 1 aromatic rings. The van der Waals surface area contributed by atoms with Gasteiger partial charge in [-0.1, -0.05) is 18.2 Å². The molecule has 2 rings (SSSR count). The number of hydrogen-bond donors (Lipinski definition) is 0. The van der Waals surface area contributed by atoms with E-state index in [4.69, 9.17) is 4.74 Å². The van der Waals surface area contributed by atoms with Crippen molar-refractivity contribution in [3.8, 4) is 0 Å². The van der Waals surface area contributed by atoms with Crippen LogP contribution >= 0.6 is 0 Å². The van der Waals surface area contributed by atoms with Gasteiger partial charge in [0.05, 0.1) is 18.2 Å². The zero-order chi connectivity index (χ0) is 15.5. The third-order valence-electron chi connectivity index (χ3n) is 3.17. The van der Waals surface area contributed by atoms with Crippen LogP contribution in [0, 0.1) is 0 Å². The van der Waals surface area contributed by atoms with Crippen molar-refractivity contribution in [2.45, 2.75) is 18.4 Å². The highest BCUT2D eigenvalue weighted by atomic mass is 19.3. The maximum atomic E-state index is 13.2. The number of halogens is 2. The lowest BCUT2D eigenvalue weighted by Gasteiger charge is -2.19. The molecule has 1 heterocycles. The first-order valence-corrected chi connectivity index (χ1v) is 6.32. The molecule has 1 atom stereocenters. The fraction of sp³-hybridized carbons (Fsp3) is 0.357. The van der Waals surface area contributed by atoms with Crippen LogP contribution in [0.25, 0.3) is 0 Å². The van der Waals surface area contributed by atoms with Crippen LogP contribution in [0.2, 0.25) is 0 Å². The largest absolute Gasteiger partial charge is 0.460 e. The van der Waals surface area contributed by atoms with Gasteiger partial charge in [0, 0.05) is 6.42 Å². The first-order chi connectivity index (χ1) is 9.95. The molecule has 0 bridgehead atoms. The van der Waals surface area contributed by atoms with Gasteiger partial charge in [0.1, 0.15) is 12.9 Å². The number of rotatable bonds is 5. The van der Waals surface area contributed by atoms with Crippen molar-refractivity contribution in [1.82, 2.24) is 4.90 Å². The highest BCUT2D eigenvalue weighted by Crippen LogP contribution is 2.32. The van der Waals surface area contributed by atoms with Gasteiger partial charge in [0.2, 0.25) is 0 Å². The fourth-order valence-corrected chi connectivity index (χ4v) is 2.10. The Hall–Kier alpha value is -2.31. The Bertz CT molecular complexity index is 547. The maximum Gasteiger partial charge on any atom is 0.338 e. The van der Waals surface area contributed by atoms with Gasteiger partial charge >= 0.3 is 11.9 Å². The SMILES string of the molecule is O=CC1CC(F)(F)C(=O)N1CCOC(=O)c1ccccc1. The summed E-state index contributed by atoms with van der Waals surface area (Å²) in [5, 5.41) is 0. The number of carbonyl (C=O) groups is 3. The monoisotopic (exact) mass is 297 g/mol. The topological polar surface area (TPSA) is 63.7 Å². The molecule has 0 radical (unpaired) electrons. The van der Waals surface area contributed by atoms with Crippen molar-refractivity contribution in [3.63, 3.8) is 0 Å². The van der Waals surface area contributed by atoms with Gasteiger partial charge < -0.3 is 14.4 Å². The van der Waals surface area contributed by atoms with Gasteiger partial charge in [-0.05, 0) is 12.1 Å². The highest BCUT2D eigenvalue weighted by Gasteiger charge is 2.53. The van der Waals surface area contributed by atoms with Crippen molar-refractivity contribution < 1.29 is 27.9 Å². The Morgan fingerprint density at radius 3 is 2.67 bits per heavy atom. The van der Waals surface area contributed by atoms with Crippen molar-refractivity contribution in [2.75, 3.05) is 13.2 Å². The van der Waals surface area contributed by atoms with Crippen LogP contribution in [0.4, 0.5) is 8.78 Å². The number of carbonyl (C=O) groups excluding carboxylic acids is 3. The molecule has 21 heavy (non-hydrogen) atoms. The molecular weight excluding hydrogens is 284 g/mol. The normalized spacial score (nSPS) is 20.4. The predicted molar refractivity (Wildman–Crippen MR) is 67.9 cm³/mol. The van der Waals surface area contributed by atoms with E-state index >= 15 is 0 Å². The summed E-state index contributed by atoms with van der Waals surface area (Å²) in [7, 11) is 0. The second-order valence-electron chi connectivity index (χ2n) is 4.61.